The van der Waals surface area contributed by atoms with Gasteiger partial charge in [0.2, 0.25) is 5.91 Å². The minimum absolute atomic E-state index is 0.0245. The van der Waals surface area contributed by atoms with E-state index in [4.69, 9.17) is 4.74 Å². The Morgan fingerprint density at radius 2 is 0.781 bits per heavy atom. The molecular formula is C58H109NO5. The number of ether oxygens (including phenoxy) is 1. The van der Waals surface area contributed by atoms with Gasteiger partial charge in [-0.05, 0) is 64.2 Å². The lowest BCUT2D eigenvalue weighted by Gasteiger charge is -2.20. The molecular weight excluding hydrogens is 791 g/mol. The number of carbonyl (C=O) groups excluding carboxylic acids is 2. The van der Waals surface area contributed by atoms with E-state index in [1.54, 1.807) is 6.08 Å². The highest BCUT2D eigenvalue weighted by Crippen LogP contribution is 2.16. The van der Waals surface area contributed by atoms with Crippen LogP contribution >= 0.6 is 0 Å². The fraction of sp³-hybridized carbons (Fsp3) is 0.862. The van der Waals surface area contributed by atoms with E-state index in [1.165, 1.54) is 205 Å². The number of hydrogen-bond acceptors (Lipinski definition) is 5. The van der Waals surface area contributed by atoms with E-state index < -0.39 is 12.1 Å². The van der Waals surface area contributed by atoms with Gasteiger partial charge in [0.05, 0.1) is 25.4 Å². The van der Waals surface area contributed by atoms with Crippen LogP contribution in [-0.2, 0) is 14.3 Å². The molecule has 3 N–H and O–H groups in total. The van der Waals surface area contributed by atoms with Crippen molar-refractivity contribution in [2.45, 2.75) is 309 Å². The molecule has 0 spiro atoms. The second-order valence-electron chi connectivity index (χ2n) is 19.3. The van der Waals surface area contributed by atoms with Gasteiger partial charge in [-0.2, -0.15) is 0 Å². The molecule has 2 unspecified atom stereocenters. The standard InChI is InChI=1S/C58H109NO5/c1-3-5-7-9-11-13-15-17-19-21-23-25-27-29-31-36-40-44-48-52-58(63)64-53-49-45-41-37-33-32-35-39-43-47-51-57(62)59-55(54-60)56(61)50-46-42-38-34-30-28-26-24-22-20-18-16-14-12-10-8-6-4-2/h11,13,17,19,46,50,55-56,60-61H,3-10,12,14-16,18,20-45,47-49,51-54H2,1-2H3,(H,59,62)/b13-11-,19-17-,50-46+. The lowest BCUT2D eigenvalue weighted by Crippen LogP contribution is -2.45. The van der Waals surface area contributed by atoms with Crippen LogP contribution < -0.4 is 5.32 Å². The van der Waals surface area contributed by atoms with E-state index in [2.05, 4.69) is 43.5 Å². The Morgan fingerprint density at radius 1 is 0.438 bits per heavy atom. The fourth-order valence-electron chi connectivity index (χ4n) is 8.55. The van der Waals surface area contributed by atoms with Crippen molar-refractivity contribution in [3.8, 4) is 0 Å². The Labute approximate surface area is 398 Å². The summed E-state index contributed by atoms with van der Waals surface area (Å²) >= 11 is 0. The van der Waals surface area contributed by atoms with Crippen LogP contribution in [-0.4, -0.2) is 47.4 Å². The maximum Gasteiger partial charge on any atom is 0.305 e. The Morgan fingerprint density at radius 3 is 1.22 bits per heavy atom. The third-order valence-corrected chi connectivity index (χ3v) is 12.9. The number of amides is 1. The maximum absolute atomic E-state index is 12.5. The predicted octanol–water partition coefficient (Wildman–Crippen LogP) is 17.2. The molecule has 0 saturated heterocycles. The van der Waals surface area contributed by atoms with Gasteiger partial charge in [-0.15, -0.1) is 0 Å². The average Bonchev–Trinajstić information content (AvgIpc) is 3.29. The normalized spacial score (nSPS) is 12.9. The zero-order chi connectivity index (χ0) is 46.5. The molecule has 376 valence electrons. The first-order valence-corrected chi connectivity index (χ1v) is 28.3. The van der Waals surface area contributed by atoms with Crippen LogP contribution in [0.5, 0.6) is 0 Å². The summed E-state index contributed by atoms with van der Waals surface area (Å²) in [7, 11) is 0. The van der Waals surface area contributed by atoms with E-state index in [-0.39, 0.29) is 18.5 Å². The number of nitrogens with one attached hydrogen (secondary N) is 1. The highest BCUT2D eigenvalue weighted by atomic mass is 16.5. The highest BCUT2D eigenvalue weighted by molar-refractivity contribution is 5.76. The molecule has 0 aromatic heterocycles. The highest BCUT2D eigenvalue weighted by Gasteiger charge is 2.18. The zero-order valence-corrected chi connectivity index (χ0v) is 42.8. The van der Waals surface area contributed by atoms with Gasteiger partial charge in [0.15, 0.2) is 0 Å². The summed E-state index contributed by atoms with van der Waals surface area (Å²) in [6, 6.07) is -0.646. The lowest BCUT2D eigenvalue weighted by molar-refractivity contribution is -0.143. The number of allylic oxidation sites excluding steroid dienone is 5. The molecule has 0 aliphatic rings. The number of aliphatic hydroxyl groups excluding tert-OH is 2. The first-order valence-electron chi connectivity index (χ1n) is 28.3. The first kappa shape index (κ1) is 62.1. The molecule has 0 aliphatic carbocycles. The Balaban J connectivity index is 3.50. The summed E-state index contributed by atoms with van der Waals surface area (Å²) in [6.07, 6.45) is 65.8. The molecule has 0 bridgehead atoms. The Kier molecular flexibility index (Phi) is 52.1. The second kappa shape index (κ2) is 53.7. The van der Waals surface area contributed by atoms with Crippen molar-refractivity contribution < 1.29 is 24.5 Å². The Bertz CT molecular complexity index is 1040. The van der Waals surface area contributed by atoms with Gasteiger partial charge in [0, 0.05) is 12.8 Å². The third-order valence-electron chi connectivity index (χ3n) is 12.9. The number of aliphatic hydroxyl groups is 2. The van der Waals surface area contributed by atoms with Gasteiger partial charge in [0.25, 0.3) is 0 Å². The van der Waals surface area contributed by atoms with Crippen molar-refractivity contribution in [2.75, 3.05) is 13.2 Å². The average molecular weight is 901 g/mol. The molecule has 0 fully saturated rings. The van der Waals surface area contributed by atoms with Crippen LogP contribution in [0.1, 0.15) is 296 Å². The van der Waals surface area contributed by atoms with E-state index >= 15 is 0 Å². The largest absolute Gasteiger partial charge is 0.466 e. The van der Waals surface area contributed by atoms with E-state index in [0.29, 0.717) is 19.4 Å². The van der Waals surface area contributed by atoms with Crippen molar-refractivity contribution in [2.24, 2.45) is 0 Å². The predicted molar refractivity (Wildman–Crippen MR) is 278 cm³/mol. The minimum atomic E-state index is -0.860. The van der Waals surface area contributed by atoms with Gasteiger partial charge >= 0.3 is 5.97 Å². The number of rotatable bonds is 52. The van der Waals surface area contributed by atoms with E-state index in [9.17, 15) is 19.8 Å². The summed E-state index contributed by atoms with van der Waals surface area (Å²) in [4.78, 5) is 24.5. The minimum Gasteiger partial charge on any atom is -0.466 e. The van der Waals surface area contributed by atoms with Crippen LogP contribution in [0.4, 0.5) is 0 Å². The van der Waals surface area contributed by atoms with Gasteiger partial charge in [-0.25, -0.2) is 0 Å². The summed E-state index contributed by atoms with van der Waals surface area (Å²) in [5.41, 5.74) is 0. The van der Waals surface area contributed by atoms with E-state index in [1.807, 2.05) is 6.08 Å². The summed E-state index contributed by atoms with van der Waals surface area (Å²) in [5.74, 6) is -0.114. The number of carbonyl (C=O) groups is 2. The second-order valence-corrected chi connectivity index (χ2v) is 19.3. The Hall–Kier alpha value is -1.92. The van der Waals surface area contributed by atoms with Crippen LogP contribution in [0.15, 0.2) is 36.5 Å². The van der Waals surface area contributed by atoms with Crippen molar-refractivity contribution in [3.05, 3.63) is 36.5 Å². The molecule has 2 atom stereocenters. The number of hydrogen-bond donors (Lipinski definition) is 3. The molecule has 0 aromatic rings. The SMILES string of the molecule is CCCCC/C=C\C/C=C\CCCCCCCCCCCC(=O)OCCCCCCCCCCCCC(=O)NC(CO)C(O)/C=C/CCCCCCCCCCCCCCCCCC. The first-order chi connectivity index (χ1) is 31.5. The van der Waals surface area contributed by atoms with Crippen LogP contribution in [0.2, 0.25) is 0 Å². The molecule has 6 nitrogen and oxygen atoms in total. The molecule has 0 saturated carbocycles. The molecule has 0 radical (unpaired) electrons. The van der Waals surface area contributed by atoms with Gasteiger partial charge in [-0.1, -0.05) is 256 Å². The summed E-state index contributed by atoms with van der Waals surface area (Å²) in [6.45, 7) is 4.83. The maximum atomic E-state index is 12.5. The van der Waals surface area contributed by atoms with Gasteiger partial charge in [0.1, 0.15) is 0 Å². The molecule has 64 heavy (non-hydrogen) atoms. The quantitative estimate of drug-likeness (QED) is 0.0321. The lowest BCUT2D eigenvalue weighted by atomic mass is 10.0. The molecule has 1 amide bonds. The van der Waals surface area contributed by atoms with Gasteiger partial charge < -0.3 is 20.3 Å². The van der Waals surface area contributed by atoms with Crippen molar-refractivity contribution in [1.29, 1.82) is 0 Å². The summed E-state index contributed by atoms with van der Waals surface area (Å²) in [5, 5.41) is 23.1. The fourth-order valence-corrected chi connectivity index (χ4v) is 8.55. The topological polar surface area (TPSA) is 95.9 Å². The molecule has 0 aromatic carbocycles. The summed E-state index contributed by atoms with van der Waals surface area (Å²) < 4.78 is 5.47. The third kappa shape index (κ3) is 49.5. The van der Waals surface area contributed by atoms with Crippen LogP contribution in [0, 0.1) is 0 Å². The zero-order valence-electron chi connectivity index (χ0n) is 42.8. The van der Waals surface area contributed by atoms with Crippen LogP contribution in [0.25, 0.3) is 0 Å². The van der Waals surface area contributed by atoms with E-state index in [0.717, 1.165) is 64.2 Å². The van der Waals surface area contributed by atoms with Crippen molar-refractivity contribution in [1.82, 2.24) is 5.32 Å². The van der Waals surface area contributed by atoms with Gasteiger partial charge in [-0.3, -0.25) is 9.59 Å². The van der Waals surface area contributed by atoms with Crippen molar-refractivity contribution in [3.63, 3.8) is 0 Å². The molecule has 0 aliphatic heterocycles. The monoisotopic (exact) mass is 900 g/mol. The van der Waals surface area contributed by atoms with Crippen molar-refractivity contribution >= 4 is 11.9 Å². The number of unbranched alkanes of at least 4 members (excludes halogenated alkanes) is 37. The molecule has 0 heterocycles. The number of esters is 1. The smallest absolute Gasteiger partial charge is 0.305 e. The molecule has 6 heteroatoms. The van der Waals surface area contributed by atoms with Crippen LogP contribution in [0.3, 0.4) is 0 Å². The molecule has 0 rings (SSSR count).